The third-order valence-electron chi connectivity index (χ3n) is 10.6. The Balaban J connectivity index is 1.40. The van der Waals surface area contributed by atoms with Crippen molar-refractivity contribution in [2.24, 2.45) is 17.3 Å². The van der Waals surface area contributed by atoms with Crippen molar-refractivity contribution >= 4 is 32.8 Å². The monoisotopic (exact) mass is 656 g/mol. The van der Waals surface area contributed by atoms with E-state index in [0.29, 0.717) is 37.1 Å². The average molecular weight is 657 g/mol. The van der Waals surface area contributed by atoms with Crippen molar-refractivity contribution in [3.8, 4) is 12.3 Å². The number of halogens is 3. The molecule has 0 radical (unpaired) electrons. The lowest BCUT2D eigenvalue weighted by Gasteiger charge is -2.37. The van der Waals surface area contributed by atoms with E-state index in [2.05, 4.69) is 30.7 Å². The number of terminal acetylenes is 1. The van der Waals surface area contributed by atoms with Crippen LogP contribution in [-0.4, -0.2) is 65.7 Å². The first kappa shape index (κ1) is 31.2. The summed E-state index contributed by atoms with van der Waals surface area (Å²) < 4.78 is 74.4. The molecule has 9 nitrogen and oxygen atoms in total. The summed E-state index contributed by atoms with van der Waals surface area (Å²) in [5.41, 5.74) is 1.65. The first-order valence-corrected chi connectivity index (χ1v) is 17.8. The van der Waals surface area contributed by atoms with E-state index in [1.165, 1.54) is 0 Å². The second-order valence-electron chi connectivity index (χ2n) is 13.5. The van der Waals surface area contributed by atoms with E-state index in [1.54, 1.807) is 0 Å². The number of ether oxygens (including phenoxy) is 1. The maximum atomic E-state index is 13.4. The highest BCUT2D eigenvalue weighted by molar-refractivity contribution is 7.91. The molecule has 1 N–H and O–H groups in total. The zero-order valence-corrected chi connectivity index (χ0v) is 26.7. The molecule has 1 aliphatic heterocycles. The summed E-state index contributed by atoms with van der Waals surface area (Å²) >= 11 is 0. The van der Waals surface area contributed by atoms with Crippen molar-refractivity contribution in [3.63, 3.8) is 0 Å². The molecule has 13 heteroatoms. The summed E-state index contributed by atoms with van der Waals surface area (Å²) in [5.74, 6) is 2.29. The van der Waals surface area contributed by atoms with Crippen molar-refractivity contribution in [1.29, 1.82) is 0 Å². The van der Waals surface area contributed by atoms with Gasteiger partial charge in [-0.2, -0.15) is 28.1 Å². The van der Waals surface area contributed by atoms with Crippen molar-refractivity contribution in [2.45, 2.75) is 87.7 Å². The molecule has 3 saturated carbocycles. The molecule has 1 spiro atoms. The molecule has 1 unspecified atom stereocenters. The molecule has 246 valence electrons. The summed E-state index contributed by atoms with van der Waals surface area (Å²) in [6.45, 7) is 3.42. The van der Waals surface area contributed by atoms with Crippen LogP contribution in [0.1, 0.15) is 75.9 Å². The fourth-order valence-corrected chi connectivity index (χ4v) is 8.66. The third kappa shape index (κ3) is 5.83. The van der Waals surface area contributed by atoms with Gasteiger partial charge < -0.3 is 19.5 Å². The number of nitrogens with one attached hydrogen (secondary N) is 1. The van der Waals surface area contributed by atoms with E-state index < -0.39 is 26.9 Å². The molecule has 4 aliphatic rings. The molecule has 3 aromatic rings. The Kier molecular flexibility index (Phi) is 7.95. The molecule has 3 atom stereocenters. The van der Waals surface area contributed by atoms with Gasteiger partial charge in [0.05, 0.1) is 19.3 Å². The highest BCUT2D eigenvalue weighted by atomic mass is 32.2. The second kappa shape index (κ2) is 11.7. The number of rotatable bonds is 8. The third-order valence-corrected chi connectivity index (χ3v) is 12.1. The van der Waals surface area contributed by atoms with Gasteiger partial charge >= 0.3 is 6.18 Å². The minimum absolute atomic E-state index is 0.00213. The van der Waals surface area contributed by atoms with Crippen LogP contribution in [0.15, 0.2) is 35.5 Å². The number of fused-ring (bicyclic) bond motifs is 1. The maximum Gasteiger partial charge on any atom is 0.403 e. The fourth-order valence-electron chi connectivity index (χ4n) is 7.64. The van der Waals surface area contributed by atoms with Crippen molar-refractivity contribution in [3.05, 3.63) is 35.9 Å². The Morgan fingerprint density at radius 2 is 1.87 bits per heavy atom. The predicted molar refractivity (Wildman–Crippen MR) is 168 cm³/mol. The Morgan fingerprint density at radius 3 is 2.52 bits per heavy atom. The van der Waals surface area contributed by atoms with Crippen LogP contribution < -0.4 is 10.2 Å². The number of morpholine rings is 1. The standard InChI is InChI=1S/C33H39F3N6O3S/c1-3-22-12-14-32(15-13-22)18-26(32)42-27-28(37-21(2)23-10-7-11-23)38-30(46(43,44)20-33(34,35)36)39-29(27)40-31(42)41-16-17-45-19-25(41)24-8-5-4-6-9-24/h1,4-6,8-9,21-23,25-26H,7,10-20H2,2H3,(H,37,38,39)/t21-,22?,25+,26?,32?/m1/s1. The Hall–Kier alpha value is -3.37. The summed E-state index contributed by atoms with van der Waals surface area (Å²) in [4.78, 5) is 15.8. The molecule has 3 heterocycles. The number of imidazole rings is 1. The van der Waals surface area contributed by atoms with Crippen LogP contribution in [0.3, 0.4) is 0 Å². The molecule has 1 aromatic carbocycles. The van der Waals surface area contributed by atoms with Gasteiger partial charge in [-0.25, -0.2) is 8.42 Å². The zero-order chi connectivity index (χ0) is 32.3. The highest BCUT2D eigenvalue weighted by Gasteiger charge is 2.57. The molecular formula is C33H39F3N6O3S. The van der Waals surface area contributed by atoms with E-state index >= 15 is 0 Å². The van der Waals surface area contributed by atoms with Gasteiger partial charge in [-0.05, 0) is 68.8 Å². The number of sulfone groups is 1. The van der Waals surface area contributed by atoms with Crippen LogP contribution >= 0.6 is 0 Å². The lowest BCUT2D eigenvalue weighted by molar-refractivity contribution is -0.106. The summed E-state index contributed by atoms with van der Waals surface area (Å²) in [5, 5.41) is 2.56. The van der Waals surface area contributed by atoms with E-state index in [0.717, 1.165) is 56.9 Å². The number of hydrogen-bond donors (Lipinski definition) is 1. The van der Waals surface area contributed by atoms with Crippen molar-refractivity contribution in [2.75, 3.05) is 35.7 Å². The molecule has 2 aromatic heterocycles. The molecule has 3 aliphatic carbocycles. The molecule has 0 bridgehead atoms. The van der Waals surface area contributed by atoms with Crippen LogP contribution in [0.2, 0.25) is 0 Å². The van der Waals surface area contributed by atoms with Gasteiger partial charge in [0.2, 0.25) is 15.8 Å². The van der Waals surface area contributed by atoms with Crippen LogP contribution in [0.5, 0.6) is 0 Å². The molecule has 46 heavy (non-hydrogen) atoms. The summed E-state index contributed by atoms with van der Waals surface area (Å²) in [7, 11) is -4.89. The molecule has 4 fully saturated rings. The Labute approximate surface area is 267 Å². The number of nitrogens with zero attached hydrogens (tertiary/aromatic N) is 5. The van der Waals surface area contributed by atoms with Crippen LogP contribution in [0.25, 0.3) is 11.2 Å². The van der Waals surface area contributed by atoms with Crippen molar-refractivity contribution in [1.82, 2.24) is 19.5 Å². The normalized spacial score (nSPS) is 27.7. The van der Waals surface area contributed by atoms with Gasteiger partial charge in [0.25, 0.3) is 5.16 Å². The molecule has 0 amide bonds. The van der Waals surface area contributed by atoms with Gasteiger partial charge in [0, 0.05) is 24.5 Å². The number of hydrogen-bond acceptors (Lipinski definition) is 8. The number of benzene rings is 1. The minimum Gasteiger partial charge on any atom is -0.377 e. The fraction of sp³-hybridized carbons (Fsp3) is 0.606. The van der Waals surface area contributed by atoms with E-state index in [-0.39, 0.29) is 40.9 Å². The van der Waals surface area contributed by atoms with E-state index in [4.69, 9.17) is 16.1 Å². The molecule has 1 saturated heterocycles. The summed E-state index contributed by atoms with van der Waals surface area (Å²) in [6, 6.07) is 9.75. The Morgan fingerprint density at radius 1 is 1.13 bits per heavy atom. The van der Waals surface area contributed by atoms with Crippen LogP contribution in [0, 0.1) is 29.6 Å². The van der Waals surface area contributed by atoms with Gasteiger partial charge in [-0.15, -0.1) is 12.3 Å². The van der Waals surface area contributed by atoms with Gasteiger partial charge in [-0.3, -0.25) is 0 Å². The van der Waals surface area contributed by atoms with E-state index in [9.17, 15) is 21.6 Å². The highest BCUT2D eigenvalue weighted by Crippen LogP contribution is 2.66. The first-order chi connectivity index (χ1) is 22.0. The van der Waals surface area contributed by atoms with Crippen molar-refractivity contribution < 1.29 is 26.3 Å². The smallest absolute Gasteiger partial charge is 0.377 e. The number of alkyl halides is 3. The average Bonchev–Trinajstić information content (AvgIpc) is 3.53. The van der Waals surface area contributed by atoms with Gasteiger partial charge in [0.15, 0.2) is 17.2 Å². The molecular weight excluding hydrogens is 617 g/mol. The van der Waals surface area contributed by atoms with Crippen LogP contribution in [0.4, 0.5) is 24.9 Å². The van der Waals surface area contributed by atoms with Crippen LogP contribution in [-0.2, 0) is 14.6 Å². The minimum atomic E-state index is -4.94. The Bertz CT molecular complexity index is 1740. The largest absolute Gasteiger partial charge is 0.403 e. The zero-order valence-electron chi connectivity index (χ0n) is 25.8. The maximum absolute atomic E-state index is 13.4. The lowest BCUT2D eigenvalue weighted by atomic mass is 9.79. The van der Waals surface area contributed by atoms with E-state index in [1.807, 2.05) is 37.3 Å². The van der Waals surface area contributed by atoms with Gasteiger partial charge in [-0.1, -0.05) is 36.8 Å². The lowest BCUT2D eigenvalue weighted by Crippen LogP contribution is -2.41. The SMILES string of the molecule is C#CC1CCC2(CC1)CC2n1c(N2CCOC[C@H]2c2ccccc2)nc2nc(S(=O)(=O)CC(F)(F)F)nc(N[C@H](C)C3CCC3)c21. The first-order valence-electron chi connectivity index (χ1n) is 16.2. The summed E-state index contributed by atoms with van der Waals surface area (Å²) in [6.07, 6.45) is 8.63. The molecule has 7 rings (SSSR count). The topological polar surface area (TPSA) is 102 Å². The number of aromatic nitrogens is 4. The number of anilines is 2. The quantitative estimate of drug-likeness (QED) is 0.230. The predicted octanol–water partition coefficient (Wildman–Crippen LogP) is 6.10. The second-order valence-corrected chi connectivity index (χ2v) is 15.4. The van der Waals surface area contributed by atoms with Gasteiger partial charge in [0.1, 0.15) is 5.52 Å².